The Bertz CT molecular complexity index is 3230. The second kappa shape index (κ2) is 34.8. The van der Waals surface area contributed by atoms with Crippen molar-refractivity contribution >= 4 is 98.7 Å². The summed E-state index contributed by atoms with van der Waals surface area (Å²) in [6, 6.07) is -2.21. The van der Waals surface area contributed by atoms with Gasteiger partial charge >= 0.3 is 5.97 Å². The third kappa shape index (κ3) is 20.8. The summed E-state index contributed by atoms with van der Waals surface area (Å²) in [6.07, 6.45) is 0.711. The van der Waals surface area contributed by atoms with Crippen LogP contribution in [0.2, 0.25) is 0 Å². The van der Waals surface area contributed by atoms with E-state index in [1.165, 1.54) is 0 Å². The Labute approximate surface area is 514 Å². The van der Waals surface area contributed by atoms with Crippen LogP contribution in [-0.4, -0.2) is 205 Å². The van der Waals surface area contributed by atoms with Gasteiger partial charge in [-0.1, -0.05) is 36.4 Å². The molecule has 1 saturated heterocycles. The molecule has 4 aromatic rings. The monoisotopic (exact) mass is 1260 g/mol. The van der Waals surface area contributed by atoms with Crippen LogP contribution in [0.4, 0.5) is 0 Å². The number of hydrogen-bond acceptors (Lipinski definition) is 18. The van der Waals surface area contributed by atoms with Gasteiger partial charge in [-0.05, 0) is 81.2 Å². The minimum atomic E-state index is -1.87. The van der Waals surface area contributed by atoms with Crippen LogP contribution in [0, 0.1) is 0 Å². The molecule has 0 unspecified atom stereocenters. The van der Waals surface area contributed by atoms with Crippen molar-refractivity contribution in [2.75, 3.05) is 32.9 Å². The predicted molar refractivity (Wildman–Crippen MR) is 319 cm³/mol. The van der Waals surface area contributed by atoms with Crippen molar-refractivity contribution in [3.05, 3.63) is 72.1 Å². The first-order chi connectivity index (χ1) is 42.9. The molecule has 33 heteroatoms. The van der Waals surface area contributed by atoms with E-state index in [0.29, 0.717) is 45.8 Å². The molecule has 24 N–H and O–H groups in total. The lowest BCUT2D eigenvalue weighted by Crippen LogP contribution is -2.61. The number of para-hydroxylation sites is 2. The zero-order valence-electron chi connectivity index (χ0n) is 49.2. The molecule has 2 aromatic heterocycles. The number of nitrogens with zero attached hydrogens (tertiary/aromatic N) is 1. The molecule has 10 atom stereocenters. The maximum absolute atomic E-state index is 14.6. The number of aliphatic hydroxyl groups excluding tert-OH is 3. The van der Waals surface area contributed by atoms with Gasteiger partial charge < -0.3 is 106 Å². The summed E-state index contributed by atoms with van der Waals surface area (Å²) in [5.41, 5.74) is 29.7. The topological polar surface area (TPSA) is 564 Å². The Kier molecular flexibility index (Phi) is 27.6. The van der Waals surface area contributed by atoms with Crippen molar-refractivity contribution in [3.8, 4) is 0 Å². The van der Waals surface area contributed by atoms with Crippen molar-refractivity contribution in [1.29, 1.82) is 0 Å². The van der Waals surface area contributed by atoms with Crippen LogP contribution in [-0.2, 0) is 75.2 Å². The molecule has 5 rings (SSSR count). The van der Waals surface area contributed by atoms with E-state index in [2.05, 4.69) is 52.5 Å². The normalized spacial score (nSPS) is 15.9. The summed E-state index contributed by atoms with van der Waals surface area (Å²) in [4.78, 5) is 181. The van der Waals surface area contributed by atoms with Gasteiger partial charge in [0.25, 0.3) is 0 Å². The van der Waals surface area contributed by atoms with Gasteiger partial charge in [0.05, 0.1) is 19.8 Å². The fourth-order valence-electron chi connectivity index (χ4n) is 10.0. The summed E-state index contributed by atoms with van der Waals surface area (Å²) < 4.78 is 0. The van der Waals surface area contributed by atoms with Crippen LogP contribution in [0.3, 0.4) is 0 Å². The second-order valence-corrected chi connectivity index (χ2v) is 21.6. The first kappa shape index (κ1) is 71.2. The summed E-state index contributed by atoms with van der Waals surface area (Å²) in [5.74, 6) is -13.4. The van der Waals surface area contributed by atoms with Crippen LogP contribution in [0.1, 0.15) is 81.8 Å². The van der Waals surface area contributed by atoms with Crippen molar-refractivity contribution in [2.45, 2.75) is 144 Å². The highest BCUT2D eigenvalue weighted by atomic mass is 16.4. The summed E-state index contributed by atoms with van der Waals surface area (Å²) >= 11 is 0. The van der Waals surface area contributed by atoms with E-state index in [1.807, 2.05) is 0 Å². The second-order valence-electron chi connectivity index (χ2n) is 21.6. The Balaban J connectivity index is 1.41. The molecule has 1 fully saturated rings. The number of likely N-dealkylation sites (tertiary alicyclic amines) is 1. The number of aromatic amines is 2. The van der Waals surface area contributed by atoms with E-state index in [1.54, 1.807) is 60.9 Å². The number of nitrogens with two attached hydrogens (primary N) is 5. The van der Waals surface area contributed by atoms with E-state index in [-0.39, 0.29) is 51.6 Å². The number of nitrogens with one attached hydrogen (secondary N) is 10. The lowest BCUT2D eigenvalue weighted by molar-refractivity contribution is -0.149. The van der Waals surface area contributed by atoms with Crippen LogP contribution in [0.15, 0.2) is 60.9 Å². The molecule has 0 spiro atoms. The minimum Gasteiger partial charge on any atom is -0.480 e. The molecular weight excluding hydrogens is 1180 g/mol. The van der Waals surface area contributed by atoms with Crippen LogP contribution in [0.25, 0.3) is 21.8 Å². The summed E-state index contributed by atoms with van der Waals surface area (Å²) in [6.45, 7) is -2.84. The van der Waals surface area contributed by atoms with Gasteiger partial charge in [0.1, 0.15) is 60.4 Å². The molecular formula is C57H80N16O17. The van der Waals surface area contributed by atoms with Crippen molar-refractivity contribution in [1.82, 2.24) is 57.4 Å². The van der Waals surface area contributed by atoms with Gasteiger partial charge in [-0.2, -0.15) is 0 Å². The minimum absolute atomic E-state index is 0.0244. The number of carbonyl (C=O) groups is 13. The number of H-pyrrole nitrogens is 2. The van der Waals surface area contributed by atoms with Gasteiger partial charge in [-0.15, -0.1) is 0 Å². The maximum atomic E-state index is 14.6. The van der Waals surface area contributed by atoms with Crippen molar-refractivity contribution < 1.29 is 82.8 Å². The van der Waals surface area contributed by atoms with Gasteiger partial charge in [0, 0.05) is 72.8 Å². The number of fused-ring (bicyclic) bond motifs is 2. The number of unbranched alkanes of at least 4 members (excludes halogenated alkanes) is 1. The highest BCUT2D eigenvalue weighted by Gasteiger charge is 2.40. The molecule has 1 aliphatic heterocycles. The van der Waals surface area contributed by atoms with E-state index < -0.39 is 189 Å². The smallest absolute Gasteiger partial charge is 0.326 e. The number of aliphatic hydroxyl groups is 3. The molecule has 2 aromatic carbocycles. The number of carboxylic acids is 1. The van der Waals surface area contributed by atoms with Crippen molar-refractivity contribution in [2.24, 2.45) is 28.7 Å². The van der Waals surface area contributed by atoms with Gasteiger partial charge in [0.15, 0.2) is 0 Å². The molecule has 3 heterocycles. The zero-order chi connectivity index (χ0) is 66.2. The Morgan fingerprint density at radius 1 is 0.489 bits per heavy atom. The van der Waals surface area contributed by atoms with Gasteiger partial charge in [-0.3, -0.25) is 57.5 Å². The fourth-order valence-corrected chi connectivity index (χ4v) is 10.0. The van der Waals surface area contributed by atoms with E-state index in [0.717, 1.165) is 4.90 Å². The number of carboxylic acid groups (broad SMARTS) is 1. The Morgan fingerprint density at radius 2 is 0.856 bits per heavy atom. The number of aliphatic carboxylic acids is 1. The number of aromatic nitrogens is 2. The number of rotatable bonds is 38. The van der Waals surface area contributed by atoms with E-state index in [9.17, 15) is 82.8 Å². The number of carbonyl (C=O) groups excluding carboxylic acids is 12. The average molecular weight is 1260 g/mol. The van der Waals surface area contributed by atoms with Crippen LogP contribution in [0.5, 0.6) is 0 Å². The Hall–Kier alpha value is -9.57. The van der Waals surface area contributed by atoms with Crippen molar-refractivity contribution in [3.63, 3.8) is 0 Å². The Morgan fingerprint density at radius 3 is 1.27 bits per heavy atom. The third-order valence-corrected chi connectivity index (χ3v) is 14.9. The highest BCUT2D eigenvalue weighted by Crippen LogP contribution is 2.23. The SMILES string of the molecule is NCCCC[C@H](NC(=O)[C@H](CO)NC(=O)[C@H](Cc1c[nH]c2ccccc12)NC(=O)[C@H](CCC(N)=O)NC(=O)[C@H](CCC(N)=O)NC(=O)[C@@H](N)CO)C(=O)N[C@@H](Cc1c[nH]c2ccccc12)C(=O)N[C@@H](CO)C(=O)N[C@@H](CCC(N)=O)C(=O)N1CCC[C@H]1C(=O)O. The largest absolute Gasteiger partial charge is 0.480 e. The number of primary amides is 3. The quantitative estimate of drug-likeness (QED) is 0.0186. The zero-order valence-corrected chi connectivity index (χ0v) is 49.2. The molecule has 0 bridgehead atoms. The first-order valence-corrected chi connectivity index (χ1v) is 29.1. The summed E-state index contributed by atoms with van der Waals surface area (Å²) in [7, 11) is 0. The third-order valence-electron chi connectivity index (χ3n) is 14.9. The lowest BCUT2D eigenvalue weighted by atomic mass is 10.0. The van der Waals surface area contributed by atoms with E-state index in [4.69, 9.17) is 28.7 Å². The molecule has 12 amide bonds. The average Bonchev–Trinajstić information content (AvgIpc) is 1.73. The van der Waals surface area contributed by atoms with E-state index >= 15 is 0 Å². The number of hydrogen-bond donors (Lipinski definition) is 19. The highest BCUT2D eigenvalue weighted by molar-refractivity contribution is 6.00. The molecule has 1 aliphatic rings. The lowest BCUT2D eigenvalue weighted by Gasteiger charge is -2.29. The van der Waals surface area contributed by atoms with Gasteiger partial charge in [-0.25, -0.2) is 4.79 Å². The standard InChI is InChI=1S/C57H80N16O17/c58-20-6-5-12-36(49(81)69-40(22-29-24-63-34-10-3-1-8-31(29)34)52(84)72-43(28-76)55(87)68-39(16-19-47(62)79)56(88)73-21-7-13-44(73)57(89)90)66-54(86)42(27-75)71-53(85)41(23-30-25-64-35-11-4-2-9-32(30)35)70-51(83)38(15-18-46(61)78)67-50(82)37(14-17-45(60)77)65-48(80)33(59)26-74/h1-4,8-11,24-25,33,36-44,63-64,74-76H,5-7,12-23,26-28,58-59H2,(H2,60,77)(H2,61,78)(H2,62,79)(H,65,80)(H,66,86)(H,67,82)(H,68,87)(H,69,81)(H,70,83)(H,71,85)(H,72,84)(H,89,90)/t33-,36-,37-,38-,39-,40-,41-,42-,43-,44-/m0/s1. The molecule has 0 saturated carbocycles. The molecule has 0 aliphatic carbocycles. The molecule has 0 radical (unpaired) electrons. The first-order valence-electron chi connectivity index (χ1n) is 29.1. The summed E-state index contributed by atoms with van der Waals surface area (Å²) in [5, 5.41) is 61.1. The fraction of sp³-hybridized carbons (Fsp3) is 0.491. The van der Waals surface area contributed by atoms with Crippen LogP contribution >= 0.6 is 0 Å². The van der Waals surface area contributed by atoms with Gasteiger partial charge in [0.2, 0.25) is 70.9 Å². The number of amides is 12. The number of benzene rings is 2. The molecule has 90 heavy (non-hydrogen) atoms. The molecule has 490 valence electrons. The molecule has 33 nitrogen and oxygen atoms in total. The predicted octanol–water partition coefficient (Wildman–Crippen LogP) is -6.38. The van der Waals surface area contributed by atoms with Crippen LogP contribution < -0.4 is 71.2 Å². The maximum Gasteiger partial charge on any atom is 0.326 e.